The molecule has 0 aliphatic rings. The molecule has 0 atom stereocenters. The highest BCUT2D eigenvalue weighted by molar-refractivity contribution is 6.29. The Balaban J connectivity index is 2.27. The van der Waals surface area contributed by atoms with Crippen LogP contribution in [0.3, 0.4) is 0 Å². The maximum atomic E-state index is 13.1. The number of benzene rings is 1. The zero-order valence-corrected chi connectivity index (χ0v) is 11.2. The van der Waals surface area contributed by atoms with Gasteiger partial charge in [0.15, 0.2) is 0 Å². The second kappa shape index (κ2) is 6.06. The maximum absolute atomic E-state index is 13.1. The summed E-state index contributed by atoms with van der Waals surface area (Å²) in [5.74, 6) is -0.738. The van der Waals surface area contributed by atoms with Gasteiger partial charge in [0.1, 0.15) is 22.6 Å². The van der Waals surface area contributed by atoms with E-state index in [1.807, 2.05) is 6.92 Å². The van der Waals surface area contributed by atoms with Crippen LogP contribution in [0.5, 0.6) is 0 Å². The fourth-order valence-electron chi connectivity index (χ4n) is 1.87. The first kappa shape index (κ1) is 13.9. The summed E-state index contributed by atoms with van der Waals surface area (Å²) >= 11 is 5.92. The Morgan fingerprint density at radius 1 is 1.05 bits per heavy atom. The average Bonchev–Trinajstić information content (AvgIpc) is 2.26. The Kier molecular flexibility index (Phi) is 4.43. The first-order chi connectivity index (χ1) is 9.06. The van der Waals surface area contributed by atoms with Crippen LogP contribution in [0.15, 0.2) is 24.3 Å². The van der Waals surface area contributed by atoms with E-state index in [-0.39, 0.29) is 6.42 Å². The molecule has 0 aliphatic carbocycles. The van der Waals surface area contributed by atoms with Gasteiger partial charge < -0.3 is 0 Å². The molecule has 19 heavy (non-hydrogen) atoms. The van der Waals surface area contributed by atoms with Crippen molar-refractivity contribution in [1.82, 2.24) is 9.97 Å². The first-order valence-corrected chi connectivity index (χ1v) is 6.42. The molecule has 0 amide bonds. The number of nitrogens with zero attached hydrogens (tertiary/aromatic N) is 2. The zero-order valence-electron chi connectivity index (χ0n) is 10.5. The molecule has 2 rings (SSSR count). The molecule has 5 heteroatoms. The average molecular weight is 283 g/mol. The summed E-state index contributed by atoms with van der Waals surface area (Å²) in [6, 6.07) is 5.09. The molecule has 2 aromatic rings. The van der Waals surface area contributed by atoms with Crippen LogP contribution in [0.25, 0.3) is 0 Å². The van der Waals surface area contributed by atoms with Gasteiger partial charge in [-0.2, -0.15) is 0 Å². The summed E-state index contributed by atoms with van der Waals surface area (Å²) in [4.78, 5) is 8.42. The van der Waals surface area contributed by atoms with Crippen LogP contribution in [-0.2, 0) is 12.8 Å². The molecule has 0 aliphatic heterocycles. The second-order valence-electron chi connectivity index (χ2n) is 4.30. The molecule has 0 N–H and O–H groups in total. The fourth-order valence-corrected chi connectivity index (χ4v) is 2.10. The third kappa shape index (κ3) is 3.96. The third-order valence-corrected chi connectivity index (χ3v) is 2.78. The normalized spacial score (nSPS) is 10.7. The zero-order chi connectivity index (χ0) is 13.8. The summed E-state index contributed by atoms with van der Waals surface area (Å²) in [7, 11) is 0. The van der Waals surface area contributed by atoms with E-state index < -0.39 is 11.6 Å². The van der Waals surface area contributed by atoms with Crippen LogP contribution in [-0.4, -0.2) is 9.97 Å². The topological polar surface area (TPSA) is 25.8 Å². The molecule has 0 spiro atoms. The van der Waals surface area contributed by atoms with E-state index >= 15 is 0 Å². The predicted octanol–water partition coefficient (Wildman–Crippen LogP) is 3.95. The van der Waals surface area contributed by atoms with E-state index in [1.165, 1.54) is 12.1 Å². The van der Waals surface area contributed by atoms with E-state index in [9.17, 15) is 8.78 Å². The summed E-state index contributed by atoms with van der Waals surface area (Å²) in [6.45, 7) is 2.04. The Bertz CT molecular complexity index is 567. The predicted molar refractivity (Wildman–Crippen MR) is 70.2 cm³/mol. The number of rotatable bonds is 4. The quantitative estimate of drug-likeness (QED) is 0.794. The van der Waals surface area contributed by atoms with Crippen molar-refractivity contribution in [3.63, 3.8) is 0 Å². The van der Waals surface area contributed by atoms with Crippen molar-refractivity contribution in [2.75, 3.05) is 0 Å². The molecule has 100 valence electrons. The molecular weight excluding hydrogens is 270 g/mol. The van der Waals surface area contributed by atoms with E-state index in [2.05, 4.69) is 9.97 Å². The van der Waals surface area contributed by atoms with Crippen molar-refractivity contribution < 1.29 is 8.78 Å². The largest absolute Gasteiger partial charge is 0.237 e. The van der Waals surface area contributed by atoms with Crippen LogP contribution in [0.1, 0.15) is 30.4 Å². The molecule has 1 aromatic carbocycles. The Morgan fingerprint density at radius 3 is 2.37 bits per heavy atom. The minimum Gasteiger partial charge on any atom is -0.237 e. The monoisotopic (exact) mass is 282 g/mol. The number of hydrogen-bond acceptors (Lipinski definition) is 2. The van der Waals surface area contributed by atoms with Crippen molar-refractivity contribution in [1.29, 1.82) is 0 Å². The van der Waals surface area contributed by atoms with Gasteiger partial charge in [0.2, 0.25) is 0 Å². The van der Waals surface area contributed by atoms with Crippen molar-refractivity contribution in [3.8, 4) is 0 Å². The summed E-state index contributed by atoms with van der Waals surface area (Å²) in [5, 5.41) is 0.352. The smallest absolute Gasteiger partial charge is 0.134 e. The van der Waals surface area contributed by atoms with Crippen molar-refractivity contribution in [2.24, 2.45) is 0 Å². The number of hydrogen-bond donors (Lipinski definition) is 0. The van der Waals surface area contributed by atoms with E-state index in [0.717, 1.165) is 24.6 Å². The van der Waals surface area contributed by atoms with Gasteiger partial charge in [-0.1, -0.05) is 24.9 Å². The van der Waals surface area contributed by atoms with Gasteiger partial charge in [-0.3, -0.25) is 0 Å². The van der Waals surface area contributed by atoms with Crippen LogP contribution in [0, 0.1) is 11.6 Å². The molecule has 0 radical (unpaired) electrons. The summed E-state index contributed by atoms with van der Waals surface area (Å²) in [5.41, 5.74) is 1.33. The van der Waals surface area contributed by atoms with Crippen LogP contribution >= 0.6 is 11.6 Å². The van der Waals surface area contributed by atoms with Crippen LogP contribution in [0.2, 0.25) is 5.15 Å². The fraction of sp³-hybridized carbons (Fsp3) is 0.286. The van der Waals surface area contributed by atoms with Gasteiger partial charge in [0.25, 0.3) is 0 Å². The lowest BCUT2D eigenvalue weighted by Crippen LogP contribution is -2.01. The van der Waals surface area contributed by atoms with Gasteiger partial charge in [-0.25, -0.2) is 18.7 Å². The summed E-state index contributed by atoms with van der Waals surface area (Å²) < 4.78 is 26.2. The molecule has 0 fully saturated rings. The maximum Gasteiger partial charge on any atom is 0.134 e. The lowest BCUT2D eigenvalue weighted by atomic mass is 10.1. The van der Waals surface area contributed by atoms with Crippen molar-refractivity contribution in [2.45, 2.75) is 26.2 Å². The van der Waals surface area contributed by atoms with Gasteiger partial charge in [0.05, 0.1) is 0 Å². The SMILES string of the molecule is CCCc1cc(Cl)nc(Cc2cc(F)cc(F)c2)n1. The van der Waals surface area contributed by atoms with Gasteiger partial charge in [-0.05, 0) is 30.2 Å². The standard InChI is InChI=1S/C14H13ClF2N2/c1-2-3-12-8-13(15)19-14(18-12)6-9-4-10(16)7-11(17)5-9/h4-5,7-8H,2-3,6H2,1H3. The molecule has 0 unspecified atom stereocenters. The first-order valence-electron chi connectivity index (χ1n) is 6.04. The Morgan fingerprint density at radius 2 is 1.74 bits per heavy atom. The Labute approximate surface area is 115 Å². The van der Waals surface area contributed by atoms with Crippen LogP contribution in [0.4, 0.5) is 8.78 Å². The van der Waals surface area contributed by atoms with E-state index in [0.29, 0.717) is 16.5 Å². The number of aromatic nitrogens is 2. The minimum absolute atomic E-state index is 0.256. The third-order valence-electron chi connectivity index (χ3n) is 2.58. The van der Waals surface area contributed by atoms with E-state index in [1.54, 1.807) is 6.07 Å². The van der Waals surface area contributed by atoms with Crippen molar-refractivity contribution in [3.05, 3.63) is 58.1 Å². The number of aryl methyl sites for hydroxylation is 1. The van der Waals surface area contributed by atoms with Gasteiger partial charge >= 0.3 is 0 Å². The number of halogens is 3. The highest BCUT2D eigenvalue weighted by atomic mass is 35.5. The van der Waals surface area contributed by atoms with Crippen LogP contribution < -0.4 is 0 Å². The minimum atomic E-state index is -0.606. The molecule has 2 nitrogen and oxygen atoms in total. The molecule has 0 saturated carbocycles. The van der Waals surface area contributed by atoms with Crippen molar-refractivity contribution >= 4 is 11.6 Å². The molecule has 1 heterocycles. The molecule has 0 bridgehead atoms. The van der Waals surface area contributed by atoms with Gasteiger partial charge in [0, 0.05) is 18.2 Å². The summed E-state index contributed by atoms with van der Waals surface area (Å²) in [6.07, 6.45) is 2.00. The molecule has 0 saturated heterocycles. The lowest BCUT2D eigenvalue weighted by molar-refractivity contribution is 0.580. The highest BCUT2D eigenvalue weighted by Crippen LogP contribution is 2.14. The molecule has 1 aromatic heterocycles. The second-order valence-corrected chi connectivity index (χ2v) is 4.69. The van der Waals surface area contributed by atoms with E-state index in [4.69, 9.17) is 11.6 Å². The van der Waals surface area contributed by atoms with Gasteiger partial charge in [-0.15, -0.1) is 0 Å². The lowest BCUT2D eigenvalue weighted by Gasteiger charge is -2.05. The highest BCUT2D eigenvalue weighted by Gasteiger charge is 2.07. The molecular formula is C14H13ClF2N2. The Hall–Kier alpha value is -1.55.